The Kier molecular flexibility index (Phi) is 5.94. The second-order valence-corrected chi connectivity index (χ2v) is 8.87. The van der Waals surface area contributed by atoms with Gasteiger partial charge in [-0.2, -0.15) is 4.98 Å². The molecule has 0 aliphatic carbocycles. The Morgan fingerprint density at radius 3 is 2.61 bits per heavy atom. The molecule has 0 saturated carbocycles. The number of nitrogens with zero attached hydrogens (tertiary/aromatic N) is 2. The molecule has 4 rings (SSSR count). The number of fused-ring (bicyclic) bond motifs is 1. The summed E-state index contributed by atoms with van der Waals surface area (Å²) in [6.07, 6.45) is 2.92. The first kappa shape index (κ1) is 21.6. The maximum absolute atomic E-state index is 13.0. The number of amides is 2. The van der Waals surface area contributed by atoms with Gasteiger partial charge in [0.05, 0.1) is 27.2 Å². The van der Waals surface area contributed by atoms with Crippen LogP contribution in [0.3, 0.4) is 0 Å². The number of hydrogen-bond acceptors (Lipinski definition) is 5. The number of H-pyrrole nitrogens is 1. The maximum Gasteiger partial charge on any atom is 0.258 e. The van der Waals surface area contributed by atoms with Crippen LogP contribution in [0.2, 0.25) is 10.0 Å². The average Bonchev–Trinajstić information content (AvgIpc) is 2.70. The Bertz CT molecular complexity index is 1090. The van der Waals surface area contributed by atoms with Crippen LogP contribution in [-0.4, -0.2) is 33.9 Å². The second kappa shape index (κ2) is 8.51. The predicted octanol–water partition coefficient (Wildman–Crippen LogP) is 3.91. The van der Waals surface area contributed by atoms with E-state index in [1.54, 1.807) is 18.2 Å². The third-order valence-electron chi connectivity index (χ3n) is 5.90. The van der Waals surface area contributed by atoms with Crippen molar-refractivity contribution in [1.82, 2.24) is 9.97 Å². The third-order valence-corrected chi connectivity index (χ3v) is 6.72. The smallest absolute Gasteiger partial charge is 0.258 e. The first-order valence-electron chi connectivity index (χ1n) is 10.2. The number of halogens is 2. The molecule has 3 unspecified atom stereocenters. The zero-order chi connectivity index (χ0) is 22.3. The van der Waals surface area contributed by atoms with Gasteiger partial charge in [-0.05, 0) is 45.2 Å². The van der Waals surface area contributed by atoms with Crippen molar-refractivity contribution in [2.24, 2.45) is 0 Å². The molecule has 3 N–H and O–H groups in total. The van der Waals surface area contributed by atoms with Crippen molar-refractivity contribution in [3.05, 3.63) is 44.2 Å². The molecule has 0 radical (unpaired) electrons. The molecular formula is C21H23Cl2N5O3. The summed E-state index contributed by atoms with van der Waals surface area (Å²) >= 11 is 12.2. The molecule has 2 aromatic rings. The van der Waals surface area contributed by atoms with Gasteiger partial charge in [-0.3, -0.25) is 19.4 Å². The number of carbonyl (C=O) groups excluding carboxylic acids is 2. The van der Waals surface area contributed by atoms with Gasteiger partial charge in [-0.15, -0.1) is 0 Å². The van der Waals surface area contributed by atoms with Gasteiger partial charge in [0.15, 0.2) is 0 Å². The molecule has 10 heteroatoms. The van der Waals surface area contributed by atoms with E-state index >= 15 is 0 Å². The summed E-state index contributed by atoms with van der Waals surface area (Å²) < 4.78 is 0. The molecule has 1 saturated heterocycles. The van der Waals surface area contributed by atoms with Crippen LogP contribution in [0.1, 0.15) is 51.0 Å². The number of benzene rings is 1. The van der Waals surface area contributed by atoms with E-state index in [1.807, 2.05) is 0 Å². The van der Waals surface area contributed by atoms with Crippen LogP contribution in [0.5, 0.6) is 0 Å². The monoisotopic (exact) mass is 463 g/mol. The number of rotatable bonds is 3. The highest BCUT2D eigenvalue weighted by Gasteiger charge is 2.36. The summed E-state index contributed by atoms with van der Waals surface area (Å²) in [5, 5.41) is 5.81. The Labute approximate surface area is 189 Å². The van der Waals surface area contributed by atoms with Crippen molar-refractivity contribution in [2.75, 3.05) is 15.5 Å². The molecule has 3 heterocycles. The Morgan fingerprint density at radius 1 is 1.19 bits per heavy atom. The first-order chi connectivity index (χ1) is 14.8. The average molecular weight is 464 g/mol. The van der Waals surface area contributed by atoms with Gasteiger partial charge in [0.25, 0.3) is 5.56 Å². The fourth-order valence-electron chi connectivity index (χ4n) is 4.36. The molecule has 1 fully saturated rings. The van der Waals surface area contributed by atoms with Gasteiger partial charge < -0.3 is 15.5 Å². The van der Waals surface area contributed by atoms with Gasteiger partial charge >= 0.3 is 0 Å². The molecule has 0 spiro atoms. The quantitative estimate of drug-likeness (QED) is 0.639. The fourth-order valence-corrected chi connectivity index (χ4v) is 4.71. The van der Waals surface area contributed by atoms with Crippen LogP contribution in [-0.2, 0) is 9.59 Å². The number of nitrogens with one attached hydrogen (secondary N) is 3. The molecular weight excluding hydrogens is 441 g/mol. The fraction of sp³-hybridized carbons (Fsp3) is 0.429. The molecule has 31 heavy (non-hydrogen) atoms. The minimum Gasteiger partial charge on any atom is -0.337 e. The molecule has 2 aliphatic rings. The number of carbonyl (C=O) groups is 2. The summed E-state index contributed by atoms with van der Waals surface area (Å²) in [7, 11) is 0. The topological polar surface area (TPSA) is 107 Å². The molecule has 3 atom stereocenters. The van der Waals surface area contributed by atoms with E-state index in [0.717, 1.165) is 19.3 Å². The standard InChI is InChI=1S/C21H23Cl2N5O3/c1-10-5-3-6-11(2)28(10)21-26-18-16(20(31)27-21)12(9-15(29)25-18)19(30)24-14-8-4-7-13(22)17(14)23/h4,7-8,10-12H,3,5-6,9H2,1-2H3,(H,24,30)(H2,25,26,27,29,31). The highest BCUT2D eigenvalue weighted by atomic mass is 35.5. The Hall–Kier alpha value is -2.58. The zero-order valence-corrected chi connectivity index (χ0v) is 18.7. The molecule has 8 nitrogen and oxygen atoms in total. The lowest BCUT2D eigenvalue weighted by atomic mass is 9.92. The van der Waals surface area contributed by atoms with Crippen LogP contribution < -0.4 is 21.1 Å². The second-order valence-electron chi connectivity index (χ2n) is 8.08. The van der Waals surface area contributed by atoms with Gasteiger partial charge in [-0.25, -0.2) is 0 Å². The summed E-state index contributed by atoms with van der Waals surface area (Å²) in [4.78, 5) is 47.8. The summed E-state index contributed by atoms with van der Waals surface area (Å²) in [5.41, 5.74) is 0.00213. The predicted molar refractivity (Wildman–Crippen MR) is 121 cm³/mol. The van der Waals surface area contributed by atoms with Crippen molar-refractivity contribution in [1.29, 1.82) is 0 Å². The summed E-state index contributed by atoms with van der Waals surface area (Å²) in [6.45, 7) is 4.16. The molecule has 2 aliphatic heterocycles. The van der Waals surface area contributed by atoms with Crippen LogP contribution in [0.15, 0.2) is 23.0 Å². The van der Waals surface area contributed by atoms with Crippen molar-refractivity contribution in [2.45, 2.75) is 57.5 Å². The lowest BCUT2D eigenvalue weighted by Crippen LogP contribution is -2.46. The number of piperidine rings is 1. The Morgan fingerprint density at radius 2 is 1.90 bits per heavy atom. The molecule has 0 bridgehead atoms. The van der Waals surface area contributed by atoms with E-state index in [2.05, 4.69) is 39.3 Å². The van der Waals surface area contributed by atoms with E-state index in [0.29, 0.717) is 11.6 Å². The van der Waals surface area contributed by atoms with E-state index in [1.165, 1.54) is 0 Å². The first-order valence-corrected chi connectivity index (χ1v) is 11.0. The van der Waals surface area contributed by atoms with Crippen LogP contribution in [0.25, 0.3) is 0 Å². The third kappa shape index (κ3) is 4.14. The number of anilines is 3. The van der Waals surface area contributed by atoms with Gasteiger partial charge in [0.1, 0.15) is 5.82 Å². The van der Waals surface area contributed by atoms with E-state index in [9.17, 15) is 14.4 Å². The van der Waals surface area contributed by atoms with Crippen molar-refractivity contribution in [3.8, 4) is 0 Å². The van der Waals surface area contributed by atoms with Crippen LogP contribution in [0, 0.1) is 0 Å². The van der Waals surface area contributed by atoms with Crippen LogP contribution in [0.4, 0.5) is 17.5 Å². The number of hydrogen-bond donors (Lipinski definition) is 3. The van der Waals surface area contributed by atoms with E-state index in [4.69, 9.17) is 23.2 Å². The summed E-state index contributed by atoms with van der Waals surface area (Å²) in [5.74, 6) is -1.38. The largest absolute Gasteiger partial charge is 0.337 e. The zero-order valence-electron chi connectivity index (χ0n) is 17.2. The molecule has 2 amide bonds. The van der Waals surface area contributed by atoms with Crippen LogP contribution >= 0.6 is 23.2 Å². The molecule has 1 aromatic carbocycles. The lowest BCUT2D eigenvalue weighted by Gasteiger charge is -2.39. The lowest BCUT2D eigenvalue weighted by molar-refractivity contribution is -0.123. The summed E-state index contributed by atoms with van der Waals surface area (Å²) in [6, 6.07) is 5.25. The minimum absolute atomic E-state index is 0.123. The van der Waals surface area contributed by atoms with Crippen molar-refractivity contribution < 1.29 is 9.59 Å². The van der Waals surface area contributed by atoms with E-state index in [-0.39, 0.29) is 45.8 Å². The van der Waals surface area contributed by atoms with Crippen molar-refractivity contribution in [3.63, 3.8) is 0 Å². The van der Waals surface area contributed by atoms with Gasteiger partial charge in [0.2, 0.25) is 17.8 Å². The molecule has 164 valence electrons. The minimum atomic E-state index is -1.000. The highest BCUT2D eigenvalue weighted by Crippen LogP contribution is 2.34. The number of aromatic amines is 1. The van der Waals surface area contributed by atoms with Gasteiger partial charge in [-0.1, -0.05) is 29.3 Å². The number of aromatic nitrogens is 2. The highest BCUT2D eigenvalue weighted by molar-refractivity contribution is 6.44. The molecule has 1 aromatic heterocycles. The van der Waals surface area contributed by atoms with Crippen molar-refractivity contribution >= 4 is 52.5 Å². The Balaban J connectivity index is 1.69. The van der Waals surface area contributed by atoms with E-state index < -0.39 is 17.4 Å². The SMILES string of the molecule is CC1CCCC(C)N1c1nc2c(c(=O)[nH]1)C(C(=O)Nc1cccc(Cl)c1Cl)CC(=O)N2. The maximum atomic E-state index is 13.0. The normalized spacial score (nSPS) is 23.2. The van der Waals surface area contributed by atoms with Gasteiger partial charge in [0, 0.05) is 18.5 Å².